The van der Waals surface area contributed by atoms with Gasteiger partial charge >= 0.3 is 6.03 Å². The van der Waals surface area contributed by atoms with Gasteiger partial charge in [0.15, 0.2) is 0 Å². The van der Waals surface area contributed by atoms with E-state index in [1.54, 1.807) is 4.90 Å². The lowest BCUT2D eigenvalue weighted by molar-refractivity contribution is 0.256. The Bertz CT molecular complexity index is 1140. The second-order valence-electron chi connectivity index (χ2n) is 6.94. The number of fused-ring (bicyclic) bond motifs is 1. The molecule has 0 aliphatic carbocycles. The van der Waals surface area contributed by atoms with E-state index in [0.29, 0.717) is 12.2 Å². The summed E-state index contributed by atoms with van der Waals surface area (Å²) in [4.78, 5) is 24.0. The van der Waals surface area contributed by atoms with Crippen molar-refractivity contribution in [2.24, 2.45) is 0 Å². The van der Waals surface area contributed by atoms with Crippen LogP contribution in [0.1, 0.15) is 17.0 Å². The van der Waals surface area contributed by atoms with E-state index in [1.807, 2.05) is 92.7 Å². The number of nitrogens with zero attached hydrogens (tertiary/aromatic N) is 3. The summed E-state index contributed by atoms with van der Waals surface area (Å²) in [5.41, 5.74) is 5.95. The van der Waals surface area contributed by atoms with Crippen molar-refractivity contribution in [3.63, 3.8) is 0 Å². The molecule has 0 bridgehead atoms. The number of carbonyl (C=O) groups is 1. The molecule has 0 spiro atoms. The normalized spacial score (nSPS) is 10.7. The Morgan fingerprint density at radius 2 is 1.45 bits per heavy atom. The van der Waals surface area contributed by atoms with Crippen LogP contribution in [0.2, 0.25) is 0 Å². The van der Waals surface area contributed by atoms with Crippen molar-refractivity contribution in [2.75, 3.05) is 10.2 Å². The molecule has 0 saturated carbocycles. The Morgan fingerprint density at radius 1 is 0.828 bits per heavy atom. The quantitative estimate of drug-likeness (QED) is 0.508. The molecule has 29 heavy (non-hydrogen) atoms. The topological polar surface area (TPSA) is 58.1 Å². The molecule has 0 fully saturated rings. The average molecular weight is 382 g/mol. The van der Waals surface area contributed by atoms with Crippen molar-refractivity contribution < 1.29 is 4.79 Å². The van der Waals surface area contributed by atoms with Crippen molar-refractivity contribution in [2.45, 2.75) is 20.4 Å². The largest absolute Gasteiger partial charge is 0.326 e. The van der Waals surface area contributed by atoms with Crippen LogP contribution in [-0.4, -0.2) is 16.0 Å². The summed E-state index contributed by atoms with van der Waals surface area (Å²) in [6, 6.07) is 25.0. The molecule has 1 aromatic heterocycles. The highest BCUT2D eigenvalue weighted by Gasteiger charge is 2.17. The third-order valence-electron chi connectivity index (χ3n) is 4.82. The third-order valence-corrected chi connectivity index (χ3v) is 4.82. The number of urea groups is 1. The Morgan fingerprint density at radius 3 is 2.14 bits per heavy atom. The van der Waals surface area contributed by atoms with Gasteiger partial charge in [-0.05, 0) is 49.7 Å². The van der Waals surface area contributed by atoms with Crippen LogP contribution in [0.5, 0.6) is 0 Å². The number of aryl methyl sites for hydroxylation is 2. The molecule has 0 unspecified atom stereocenters. The first kappa shape index (κ1) is 18.6. The smallest absolute Gasteiger partial charge is 0.307 e. The molecule has 1 N–H and O–H groups in total. The molecule has 4 aromatic rings. The Labute approximate surface area is 170 Å². The van der Waals surface area contributed by atoms with E-state index >= 15 is 0 Å². The number of nitrogens with one attached hydrogen (secondary N) is 1. The maximum atomic E-state index is 13.2. The maximum absolute atomic E-state index is 13.2. The summed E-state index contributed by atoms with van der Waals surface area (Å²) < 4.78 is 0. The van der Waals surface area contributed by atoms with Crippen molar-refractivity contribution in [3.05, 3.63) is 95.8 Å². The van der Waals surface area contributed by atoms with E-state index in [4.69, 9.17) is 0 Å². The molecular weight excluding hydrogens is 360 g/mol. The predicted octanol–water partition coefficient (Wildman–Crippen LogP) is 5.49. The van der Waals surface area contributed by atoms with E-state index in [0.717, 1.165) is 33.7 Å². The molecule has 144 valence electrons. The molecule has 3 aromatic carbocycles. The molecular formula is C24H22N4O. The van der Waals surface area contributed by atoms with E-state index < -0.39 is 0 Å². The summed E-state index contributed by atoms with van der Waals surface area (Å²) in [6.45, 7) is 4.35. The number of anilines is 2. The monoisotopic (exact) mass is 382 g/mol. The van der Waals surface area contributed by atoms with Crippen molar-refractivity contribution in [3.8, 4) is 0 Å². The molecule has 2 amide bonds. The molecule has 0 aliphatic heterocycles. The van der Waals surface area contributed by atoms with Gasteiger partial charge in [-0.3, -0.25) is 4.90 Å². The summed E-state index contributed by atoms with van der Waals surface area (Å²) in [7, 11) is 0. The summed E-state index contributed by atoms with van der Waals surface area (Å²) in [6.07, 6.45) is 0. The molecule has 0 saturated heterocycles. The SMILES string of the molecule is Cc1nc2ccc(NC(=O)N(Cc3ccccc3)c3ccccc3)cc2nc1C. The first-order chi connectivity index (χ1) is 14.1. The van der Waals surface area contributed by atoms with Crippen LogP contribution < -0.4 is 10.2 Å². The zero-order chi connectivity index (χ0) is 20.2. The maximum Gasteiger partial charge on any atom is 0.326 e. The highest BCUT2D eigenvalue weighted by molar-refractivity contribution is 6.02. The number of hydrogen-bond donors (Lipinski definition) is 1. The number of carbonyl (C=O) groups excluding carboxylic acids is 1. The minimum absolute atomic E-state index is 0.198. The van der Waals surface area contributed by atoms with Crippen LogP contribution >= 0.6 is 0 Å². The minimum Gasteiger partial charge on any atom is -0.307 e. The van der Waals surface area contributed by atoms with Crippen LogP contribution in [0.25, 0.3) is 11.0 Å². The van der Waals surface area contributed by atoms with Gasteiger partial charge in [-0.15, -0.1) is 0 Å². The fourth-order valence-corrected chi connectivity index (χ4v) is 3.15. The second-order valence-corrected chi connectivity index (χ2v) is 6.94. The van der Waals surface area contributed by atoms with Crippen LogP contribution in [0, 0.1) is 13.8 Å². The number of benzene rings is 3. The molecule has 5 nitrogen and oxygen atoms in total. The lowest BCUT2D eigenvalue weighted by Crippen LogP contribution is -2.34. The van der Waals surface area contributed by atoms with Gasteiger partial charge in [0.05, 0.1) is 29.0 Å². The van der Waals surface area contributed by atoms with E-state index in [2.05, 4.69) is 15.3 Å². The molecule has 5 heteroatoms. The fraction of sp³-hybridized carbons (Fsp3) is 0.125. The molecule has 0 atom stereocenters. The van der Waals surface area contributed by atoms with Crippen LogP contribution in [0.3, 0.4) is 0 Å². The van der Waals surface area contributed by atoms with Gasteiger partial charge in [0.1, 0.15) is 0 Å². The van der Waals surface area contributed by atoms with Crippen LogP contribution in [-0.2, 0) is 6.54 Å². The van der Waals surface area contributed by atoms with E-state index in [1.165, 1.54) is 0 Å². The number of rotatable bonds is 4. The lowest BCUT2D eigenvalue weighted by Gasteiger charge is -2.23. The zero-order valence-electron chi connectivity index (χ0n) is 16.5. The van der Waals surface area contributed by atoms with Gasteiger partial charge in [-0.25, -0.2) is 14.8 Å². The first-order valence-electron chi connectivity index (χ1n) is 9.52. The molecule has 1 heterocycles. The Balaban J connectivity index is 1.62. The Kier molecular flexibility index (Phi) is 5.20. The third kappa shape index (κ3) is 4.24. The molecule has 0 aliphatic rings. The van der Waals surface area contributed by atoms with E-state index in [9.17, 15) is 4.79 Å². The highest BCUT2D eigenvalue weighted by Crippen LogP contribution is 2.21. The van der Waals surface area contributed by atoms with Crippen molar-refractivity contribution in [1.29, 1.82) is 0 Å². The van der Waals surface area contributed by atoms with Gasteiger partial charge in [0, 0.05) is 11.4 Å². The van der Waals surface area contributed by atoms with Gasteiger partial charge in [0.25, 0.3) is 0 Å². The fourth-order valence-electron chi connectivity index (χ4n) is 3.15. The molecule has 0 radical (unpaired) electrons. The summed E-state index contributed by atoms with van der Waals surface area (Å²) >= 11 is 0. The zero-order valence-corrected chi connectivity index (χ0v) is 16.5. The Hall–Kier alpha value is -3.73. The lowest BCUT2D eigenvalue weighted by atomic mass is 10.2. The average Bonchev–Trinajstić information content (AvgIpc) is 2.74. The first-order valence-corrected chi connectivity index (χ1v) is 9.52. The van der Waals surface area contributed by atoms with Crippen molar-refractivity contribution >= 4 is 28.4 Å². The van der Waals surface area contributed by atoms with Gasteiger partial charge in [-0.1, -0.05) is 48.5 Å². The van der Waals surface area contributed by atoms with Gasteiger partial charge in [0.2, 0.25) is 0 Å². The summed E-state index contributed by atoms with van der Waals surface area (Å²) in [5.74, 6) is 0. The number of amides is 2. The number of aromatic nitrogens is 2. The molecule has 4 rings (SSSR count). The predicted molar refractivity (Wildman–Crippen MR) is 117 cm³/mol. The van der Waals surface area contributed by atoms with E-state index in [-0.39, 0.29) is 6.03 Å². The van der Waals surface area contributed by atoms with Crippen LogP contribution in [0.4, 0.5) is 16.2 Å². The number of para-hydroxylation sites is 1. The van der Waals surface area contributed by atoms with Gasteiger partial charge in [-0.2, -0.15) is 0 Å². The van der Waals surface area contributed by atoms with Crippen LogP contribution in [0.15, 0.2) is 78.9 Å². The second kappa shape index (κ2) is 8.10. The van der Waals surface area contributed by atoms with Gasteiger partial charge < -0.3 is 5.32 Å². The number of hydrogen-bond acceptors (Lipinski definition) is 3. The minimum atomic E-state index is -0.198. The summed E-state index contributed by atoms with van der Waals surface area (Å²) in [5, 5.41) is 3.01. The standard InChI is InChI=1S/C24H22N4O/c1-17-18(2)26-23-15-20(13-14-22(23)25-17)27-24(29)28(21-11-7-4-8-12-21)16-19-9-5-3-6-10-19/h3-15H,16H2,1-2H3,(H,27,29). The highest BCUT2D eigenvalue weighted by atomic mass is 16.2. The van der Waals surface area contributed by atoms with Crippen molar-refractivity contribution in [1.82, 2.24) is 9.97 Å².